The van der Waals surface area contributed by atoms with Gasteiger partial charge in [-0.25, -0.2) is 0 Å². The molecule has 2 aromatic rings. The first-order valence-electron chi connectivity index (χ1n) is 6.93. The Kier molecular flexibility index (Phi) is 3.20. The van der Waals surface area contributed by atoms with Crippen LogP contribution in [0.15, 0.2) is 53.5 Å². The smallest absolute Gasteiger partial charge is 0.0756 e. The lowest BCUT2D eigenvalue weighted by atomic mass is 10.0. The summed E-state index contributed by atoms with van der Waals surface area (Å²) in [6, 6.07) is 17.8. The van der Waals surface area contributed by atoms with E-state index < -0.39 is 0 Å². The van der Waals surface area contributed by atoms with E-state index in [9.17, 15) is 0 Å². The molecule has 0 fully saturated rings. The molecule has 1 unspecified atom stereocenters. The van der Waals surface area contributed by atoms with Gasteiger partial charge in [0, 0.05) is 5.71 Å². The number of hydrogen-bond acceptors (Lipinski definition) is 1. The Morgan fingerprint density at radius 3 is 2.05 bits per heavy atom. The van der Waals surface area contributed by atoms with Gasteiger partial charge in [-0.15, -0.1) is 0 Å². The van der Waals surface area contributed by atoms with Crippen molar-refractivity contribution < 1.29 is 0 Å². The minimum absolute atomic E-state index is 0.344. The van der Waals surface area contributed by atoms with Crippen LogP contribution in [-0.4, -0.2) is 5.71 Å². The Balaban J connectivity index is 1.84. The predicted octanol–water partition coefficient (Wildman–Crippen LogP) is 4.63. The molecule has 1 nitrogen and oxygen atoms in total. The summed E-state index contributed by atoms with van der Waals surface area (Å²) >= 11 is 0. The third kappa shape index (κ3) is 2.60. The summed E-state index contributed by atoms with van der Waals surface area (Å²) in [6.07, 6.45) is 2.22. The molecule has 1 aliphatic heterocycles. The predicted molar refractivity (Wildman–Crippen MR) is 80.9 cm³/mol. The SMILES string of the molecule is Cc1ccc(C2=NC(c3ccc(C)cc3)CC2)cc1. The highest BCUT2D eigenvalue weighted by Crippen LogP contribution is 2.31. The Morgan fingerprint density at radius 2 is 1.42 bits per heavy atom. The Bertz CT molecular complexity index is 591. The van der Waals surface area contributed by atoms with Crippen LogP contribution in [0.25, 0.3) is 0 Å². The number of nitrogens with zero attached hydrogens (tertiary/aromatic N) is 1. The quantitative estimate of drug-likeness (QED) is 0.736. The molecule has 0 radical (unpaired) electrons. The van der Waals surface area contributed by atoms with E-state index in [2.05, 4.69) is 62.4 Å². The van der Waals surface area contributed by atoms with E-state index in [1.165, 1.54) is 28.0 Å². The van der Waals surface area contributed by atoms with Crippen molar-refractivity contribution in [1.29, 1.82) is 0 Å². The second-order valence-corrected chi connectivity index (χ2v) is 5.41. The van der Waals surface area contributed by atoms with Gasteiger partial charge in [-0.2, -0.15) is 0 Å². The Labute approximate surface area is 115 Å². The highest BCUT2D eigenvalue weighted by molar-refractivity contribution is 6.01. The van der Waals surface area contributed by atoms with E-state index in [-0.39, 0.29) is 0 Å². The monoisotopic (exact) mass is 249 g/mol. The van der Waals surface area contributed by atoms with Gasteiger partial charge < -0.3 is 0 Å². The second-order valence-electron chi connectivity index (χ2n) is 5.41. The van der Waals surface area contributed by atoms with Gasteiger partial charge in [0.05, 0.1) is 6.04 Å². The summed E-state index contributed by atoms with van der Waals surface area (Å²) in [5, 5.41) is 0. The van der Waals surface area contributed by atoms with Crippen molar-refractivity contribution in [3.05, 3.63) is 70.8 Å². The van der Waals surface area contributed by atoms with Gasteiger partial charge in [0.25, 0.3) is 0 Å². The lowest BCUT2D eigenvalue weighted by Crippen LogP contribution is -1.95. The molecule has 0 N–H and O–H groups in total. The number of aryl methyl sites for hydroxylation is 2. The van der Waals surface area contributed by atoms with E-state index in [0.717, 1.165) is 12.8 Å². The molecule has 3 rings (SSSR count). The Morgan fingerprint density at radius 1 is 0.842 bits per heavy atom. The lowest BCUT2D eigenvalue weighted by Gasteiger charge is -2.06. The van der Waals surface area contributed by atoms with Crippen molar-refractivity contribution in [3.8, 4) is 0 Å². The fraction of sp³-hybridized carbons (Fsp3) is 0.278. The fourth-order valence-electron chi connectivity index (χ4n) is 2.59. The normalized spacial score (nSPS) is 18.4. The minimum Gasteiger partial charge on any atom is -0.281 e. The van der Waals surface area contributed by atoms with Crippen LogP contribution in [0.2, 0.25) is 0 Å². The molecule has 0 aromatic heterocycles. The van der Waals surface area contributed by atoms with Crippen LogP contribution in [0, 0.1) is 13.8 Å². The first-order chi connectivity index (χ1) is 9.22. The van der Waals surface area contributed by atoms with Crippen molar-refractivity contribution in [1.82, 2.24) is 0 Å². The van der Waals surface area contributed by atoms with Crippen LogP contribution in [0.4, 0.5) is 0 Å². The third-order valence-electron chi connectivity index (χ3n) is 3.81. The van der Waals surface area contributed by atoms with Crippen molar-refractivity contribution in [2.45, 2.75) is 32.7 Å². The van der Waals surface area contributed by atoms with Crippen molar-refractivity contribution in [3.63, 3.8) is 0 Å². The largest absolute Gasteiger partial charge is 0.281 e. The molecule has 2 aromatic carbocycles. The Hall–Kier alpha value is -1.89. The van der Waals surface area contributed by atoms with Crippen molar-refractivity contribution >= 4 is 5.71 Å². The topological polar surface area (TPSA) is 12.4 Å². The van der Waals surface area contributed by atoms with Gasteiger partial charge in [-0.3, -0.25) is 4.99 Å². The van der Waals surface area contributed by atoms with Gasteiger partial charge in [-0.05, 0) is 37.8 Å². The minimum atomic E-state index is 0.344. The first kappa shape index (κ1) is 12.2. The molecule has 0 spiro atoms. The molecule has 1 heterocycles. The average Bonchev–Trinajstić information content (AvgIpc) is 2.90. The highest BCUT2D eigenvalue weighted by Gasteiger charge is 2.19. The number of hydrogen-bond donors (Lipinski definition) is 0. The van der Waals surface area contributed by atoms with Crippen LogP contribution < -0.4 is 0 Å². The zero-order chi connectivity index (χ0) is 13.2. The molecule has 19 heavy (non-hydrogen) atoms. The summed E-state index contributed by atoms with van der Waals surface area (Å²) in [6.45, 7) is 4.24. The van der Waals surface area contributed by atoms with Crippen LogP contribution in [0.5, 0.6) is 0 Å². The van der Waals surface area contributed by atoms with E-state index in [0.29, 0.717) is 6.04 Å². The molecule has 96 valence electrons. The van der Waals surface area contributed by atoms with Gasteiger partial charge in [0.15, 0.2) is 0 Å². The third-order valence-corrected chi connectivity index (χ3v) is 3.81. The summed E-state index contributed by atoms with van der Waals surface area (Å²) in [7, 11) is 0. The van der Waals surface area contributed by atoms with Gasteiger partial charge in [0.1, 0.15) is 0 Å². The molecule has 0 bridgehead atoms. The van der Waals surface area contributed by atoms with E-state index >= 15 is 0 Å². The second kappa shape index (κ2) is 5.00. The van der Waals surface area contributed by atoms with Crippen LogP contribution in [0.1, 0.15) is 41.1 Å². The maximum Gasteiger partial charge on any atom is 0.0756 e. The molecule has 0 aliphatic carbocycles. The van der Waals surface area contributed by atoms with Crippen LogP contribution in [0.3, 0.4) is 0 Å². The van der Waals surface area contributed by atoms with Gasteiger partial charge in [-0.1, -0.05) is 59.7 Å². The highest BCUT2D eigenvalue weighted by atomic mass is 14.8. The summed E-state index contributed by atoms with van der Waals surface area (Å²) in [5.41, 5.74) is 6.49. The molecule has 0 amide bonds. The maximum atomic E-state index is 4.90. The molecule has 1 heteroatoms. The van der Waals surface area contributed by atoms with Crippen molar-refractivity contribution in [2.24, 2.45) is 4.99 Å². The summed E-state index contributed by atoms with van der Waals surface area (Å²) in [4.78, 5) is 4.90. The number of rotatable bonds is 2. The molecule has 0 saturated heterocycles. The van der Waals surface area contributed by atoms with E-state index in [1.54, 1.807) is 0 Å². The molecule has 0 saturated carbocycles. The lowest BCUT2D eigenvalue weighted by molar-refractivity contribution is 0.723. The standard InChI is InChI=1S/C18H19N/c1-13-3-7-15(8-4-13)17-11-12-18(19-17)16-9-5-14(2)6-10-16/h3-10,17H,11-12H2,1-2H3. The number of benzene rings is 2. The summed E-state index contributed by atoms with van der Waals surface area (Å²) in [5.74, 6) is 0. The number of aliphatic imine (C=N–C) groups is 1. The van der Waals surface area contributed by atoms with E-state index in [4.69, 9.17) is 4.99 Å². The zero-order valence-corrected chi connectivity index (χ0v) is 11.6. The fourth-order valence-corrected chi connectivity index (χ4v) is 2.59. The molecular weight excluding hydrogens is 230 g/mol. The molecular formula is C18H19N. The molecule has 1 aliphatic rings. The van der Waals surface area contributed by atoms with E-state index in [1.807, 2.05) is 0 Å². The zero-order valence-electron chi connectivity index (χ0n) is 11.6. The van der Waals surface area contributed by atoms with Gasteiger partial charge >= 0.3 is 0 Å². The summed E-state index contributed by atoms with van der Waals surface area (Å²) < 4.78 is 0. The van der Waals surface area contributed by atoms with Crippen molar-refractivity contribution in [2.75, 3.05) is 0 Å². The van der Waals surface area contributed by atoms with Crippen LogP contribution >= 0.6 is 0 Å². The van der Waals surface area contributed by atoms with Crippen LogP contribution in [-0.2, 0) is 0 Å². The molecule has 1 atom stereocenters. The first-order valence-corrected chi connectivity index (χ1v) is 6.93. The maximum absolute atomic E-state index is 4.90. The average molecular weight is 249 g/mol. The van der Waals surface area contributed by atoms with Gasteiger partial charge in [0.2, 0.25) is 0 Å².